The maximum absolute atomic E-state index is 11.7. The molecule has 0 saturated heterocycles. The highest BCUT2D eigenvalue weighted by Gasteiger charge is 2.31. The van der Waals surface area contributed by atoms with Gasteiger partial charge in [-0.05, 0) is 18.4 Å². The Morgan fingerprint density at radius 1 is 1.39 bits per heavy atom. The van der Waals surface area contributed by atoms with Gasteiger partial charge in [0.15, 0.2) is 0 Å². The molecule has 1 aliphatic rings. The molecule has 0 atom stereocenters. The van der Waals surface area contributed by atoms with Crippen LogP contribution < -0.4 is 0 Å². The van der Waals surface area contributed by atoms with Gasteiger partial charge < -0.3 is 4.90 Å². The Hall–Kier alpha value is -1.62. The molecule has 5 nitrogen and oxygen atoms in total. The molecule has 1 amide bonds. The first kappa shape index (κ1) is 12.8. The van der Waals surface area contributed by atoms with Crippen LogP contribution in [0.25, 0.3) is 0 Å². The molecule has 0 radical (unpaired) electrons. The zero-order valence-electron chi connectivity index (χ0n) is 9.71. The number of carbonyl (C=O) groups is 1. The minimum atomic E-state index is -0.438. The van der Waals surface area contributed by atoms with Crippen LogP contribution >= 0.6 is 11.6 Å². The van der Waals surface area contributed by atoms with E-state index in [0.29, 0.717) is 6.54 Å². The highest BCUT2D eigenvalue weighted by molar-refractivity contribution is 6.27. The van der Waals surface area contributed by atoms with Gasteiger partial charge >= 0.3 is 0 Å². The monoisotopic (exact) mass is 268 g/mol. The number of carbonyl (C=O) groups excluding carboxylic acids is 1. The summed E-state index contributed by atoms with van der Waals surface area (Å²) in [6.45, 7) is 0.466. The molecule has 0 bridgehead atoms. The number of halogens is 1. The Morgan fingerprint density at radius 3 is 2.44 bits per heavy atom. The van der Waals surface area contributed by atoms with Crippen molar-refractivity contribution in [1.29, 1.82) is 0 Å². The van der Waals surface area contributed by atoms with Gasteiger partial charge in [0.1, 0.15) is 5.88 Å². The molecule has 0 aromatic heterocycles. The number of nitro groups is 1. The van der Waals surface area contributed by atoms with Gasteiger partial charge in [-0.3, -0.25) is 14.9 Å². The topological polar surface area (TPSA) is 63.5 Å². The maximum Gasteiger partial charge on any atom is 0.269 e. The first-order valence-corrected chi connectivity index (χ1v) is 6.24. The van der Waals surface area contributed by atoms with Gasteiger partial charge in [0, 0.05) is 24.7 Å². The quantitative estimate of drug-likeness (QED) is 0.468. The molecule has 0 aliphatic heterocycles. The molecule has 2 rings (SSSR count). The fourth-order valence-electron chi connectivity index (χ4n) is 1.80. The van der Waals surface area contributed by atoms with Crippen LogP contribution in [-0.4, -0.2) is 27.7 Å². The average Bonchev–Trinajstić information content (AvgIpc) is 3.20. The largest absolute Gasteiger partial charge is 0.334 e. The Labute approximate surface area is 109 Å². The summed E-state index contributed by atoms with van der Waals surface area (Å²) in [6, 6.07) is 6.53. The third-order valence-electron chi connectivity index (χ3n) is 2.92. The number of hydrogen-bond donors (Lipinski definition) is 0. The standard InChI is InChI=1S/C12H13ClN2O3/c13-7-12(16)14(10-5-6-10)8-9-1-3-11(4-2-9)15(17)18/h1-4,10H,5-8H2. The molecule has 0 heterocycles. The molecule has 0 unspecified atom stereocenters. The van der Waals surface area contributed by atoms with E-state index in [-0.39, 0.29) is 23.5 Å². The van der Waals surface area contributed by atoms with Crippen molar-refractivity contribution in [2.45, 2.75) is 25.4 Å². The fraction of sp³-hybridized carbons (Fsp3) is 0.417. The number of benzene rings is 1. The van der Waals surface area contributed by atoms with Crippen molar-refractivity contribution in [2.75, 3.05) is 5.88 Å². The summed E-state index contributed by atoms with van der Waals surface area (Å²) in [5.74, 6) is -0.110. The third-order valence-corrected chi connectivity index (χ3v) is 3.15. The molecule has 96 valence electrons. The Balaban J connectivity index is 2.06. The van der Waals surface area contributed by atoms with E-state index < -0.39 is 4.92 Å². The zero-order chi connectivity index (χ0) is 13.1. The lowest BCUT2D eigenvalue weighted by Crippen LogP contribution is -2.33. The van der Waals surface area contributed by atoms with Gasteiger partial charge in [0.05, 0.1) is 4.92 Å². The molecular formula is C12H13ClN2O3. The second-order valence-corrected chi connectivity index (χ2v) is 4.58. The van der Waals surface area contributed by atoms with Crippen LogP contribution in [0.1, 0.15) is 18.4 Å². The van der Waals surface area contributed by atoms with E-state index in [1.165, 1.54) is 12.1 Å². The number of amides is 1. The van der Waals surface area contributed by atoms with Crippen LogP contribution in [0.5, 0.6) is 0 Å². The summed E-state index contributed by atoms with van der Waals surface area (Å²) in [5.41, 5.74) is 0.936. The SMILES string of the molecule is O=C(CCl)N(Cc1ccc([N+](=O)[O-])cc1)C1CC1. The molecular weight excluding hydrogens is 256 g/mol. The van der Waals surface area contributed by atoms with E-state index in [1.807, 2.05) is 0 Å². The third kappa shape index (κ3) is 2.98. The van der Waals surface area contributed by atoms with Crippen LogP contribution in [0.3, 0.4) is 0 Å². The van der Waals surface area contributed by atoms with Gasteiger partial charge in [-0.1, -0.05) is 12.1 Å². The summed E-state index contributed by atoms with van der Waals surface area (Å²) < 4.78 is 0. The summed E-state index contributed by atoms with van der Waals surface area (Å²) in [5, 5.41) is 10.5. The highest BCUT2D eigenvalue weighted by Crippen LogP contribution is 2.28. The van der Waals surface area contributed by atoms with Gasteiger partial charge in [0.25, 0.3) is 5.69 Å². The van der Waals surface area contributed by atoms with Gasteiger partial charge in [0.2, 0.25) is 5.91 Å². The van der Waals surface area contributed by atoms with Crippen molar-refractivity contribution in [3.63, 3.8) is 0 Å². The molecule has 1 aromatic carbocycles. The molecule has 18 heavy (non-hydrogen) atoms. The van der Waals surface area contributed by atoms with E-state index in [2.05, 4.69) is 0 Å². The van der Waals surface area contributed by atoms with Crippen LogP contribution in [0, 0.1) is 10.1 Å². The van der Waals surface area contributed by atoms with Crippen molar-refractivity contribution >= 4 is 23.2 Å². The fourth-order valence-corrected chi connectivity index (χ4v) is 1.96. The Bertz CT molecular complexity index is 457. The van der Waals surface area contributed by atoms with E-state index in [4.69, 9.17) is 11.6 Å². The Kier molecular flexibility index (Phi) is 3.81. The van der Waals surface area contributed by atoms with E-state index in [9.17, 15) is 14.9 Å². The minimum absolute atomic E-state index is 0.0243. The van der Waals surface area contributed by atoms with Crippen molar-refractivity contribution < 1.29 is 9.72 Å². The molecule has 1 aliphatic carbocycles. The van der Waals surface area contributed by atoms with E-state index >= 15 is 0 Å². The molecule has 0 N–H and O–H groups in total. The first-order valence-electron chi connectivity index (χ1n) is 5.70. The van der Waals surface area contributed by atoms with Gasteiger partial charge in [-0.15, -0.1) is 11.6 Å². The number of rotatable bonds is 5. The smallest absolute Gasteiger partial charge is 0.269 e. The zero-order valence-corrected chi connectivity index (χ0v) is 10.5. The normalized spacial score (nSPS) is 14.3. The number of hydrogen-bond acceptors (Lipinski definition) is 3. The highest BCUT2D eigenvalue weighted by atomic mass is 35.5. The lowest BCUT2D eigenvalue weighted by Gasteiger charge is -2.21. The molecule has 6 heteroatoms. The molecule has 0 spiro atoms. The summed E-state index contributed by atoms with van der Waals surface area (Å²) in [6.07, 6.45) is 2.02. The first-order chi connectivity index (χ1) is 8.61. The van der Waals surface area contributed by atoms with Crippen molar-refractivity contribution in [1.82, 2.24) is 4.90 Å². The second-order valence-electron chi connectivity index (χ2n) is 4.31. The van der Waals surface area contributed by atoms with Crippen molar-refractivity contribution in [2.24, 2.45) is 0 Å². The number of nitrogens with zero attached hydrogens (tertiary/aromatic N) is 2. The number of non-ortho nitro benzene ring substituents is 1. The number of nitro benzene ring substituents is 1. The van der Waals surface area contributed by atoms with E-state index in [1.54, 1.807) is 17.0 Å². The summed E-state index contributed by atoms with van der Waals surface area (Å²) >= 11 is 5.57. The average molecular weight is 269 g/mol. The molecule has 1 saturated carbocycles. The predicted octanol–water partition coefficient (Wildman–Crippen LogP) is 2.32. The van der Waals surface area contributed by atoms with Crippen LogP contribution in [0.2, 0.25) is 0 Å². The lowest BCUT2D eigenvalue weighted by atomic mass is 10.2. The van der Waals surface area contributed by atoms with Crippen LogP contribution in [0.15, 0.2) is 24.3 Å². The van der Waals surface area contributed by atoms with Crippen LogP contribution in [0.4, 0.5) is 5.69 Å². The van der Waals surface area contributed by atoms with Crippen LogP contribution in [-0.2, 0) is 11.3 Å². The van der Waals surface area contributed by atoms with Crippen molar-refractivity contribution in [3.8, 4) is 0 Å². The van der Waals surface area contributed by atoms with Crippen molar-refractivity contribution in [3.05, 3.63) is 39.9 Å². The Morgan fingerprint density at radius 2 is 2.00 bits per heavy atom. The summed E-state index contributed by atoms with van der Waals surface area (Å²) in [7, 11) is 0. The van der Waals surface area contributed by atoms with E-state index in [0.717, 1.165) is 18.4 Å². The maximum atomic E-state index is 11.7. The lowest BCUT2D eigenvalue weighted by molar-refractivity contribution is -0.384. The molecule has 1 aromatic rings. The molecule has 1 fully saturated rings. The van der Waals surface area contributed by atoms with Gasteiger partial charge in [-0.25, -0.2) is 0 Å². The second kappa shape index (κ2) is 5.35. The predicted molar refractivity (Wildman–Crippen MR) is 67.4 cm³/mol. The number of alkyl halides is 1. The minimum Gasteiger partial charge on any atom is -0.334 e. The summed E-state index contributed by atoms with van der Waals surface area (Å²) in [4.78, 5) is 23.5. The van der Waals surface area contributed by atoms with Gasteiger partial charge in [-0.2, -0.15) is 0 Å².